The van der Waals surface area contributed by atoms with Crippen molar-refractivity contribution < 1.29 is 23.1 Å². The number of carbonyl (C=O) groups excluding carboxylic acids is 1. The number of aromatic nitrogens is 1. The molecule has 0 fully saturated rings. The van der Waals surface area contributed by atoms with Crippen LogP contribution in [-0.4, -0.2) is 21.6 Å². The van der Waals surface area contributed by atoms with Gasteiger partial charge in [0.25, 0.3) is 0 Å². The molecule has 0 amide bonds. The van der Waals surface area contributed by atoms with Crippen molar-refractivity contribution in [2.45, 2.75) is 25.1 Å². The highest BCUT2D eigenvalue weighted by Crippen LogP contribution is 2.43. The summed E-state index contributed by atoms with van der Waals surface area (Å²) in [5, 5.41) is 11.7. The van der Waals surface area contributed by atoms with Crippen LogP contribution in [0.5, 0.6) is 0 Å². The highest BCUT2D eigenvalue weighted by atomic mass is 19.4. The molecule has 2 aromatic carbocycles. The Labute approximate surface area is 136 Å². The van der Waals surface area contributed by atoms with Crippen molar-refractivity contribution in [3.05, 3.63) is 48.0 Å². The minimum absolute atomic E-state index is 0.325. The quantitative estimate of drug-likeness (QED) is 0.784. The maximum atomic E-state index is 13.5. The lowest BCUT2D eigenvalue weighted by atomic mass is 9.87. The summed E-state index contributed by atoms with van der Waals surface area (Å²) >= 11 is 0. The van der Waals surface area contributed by atoms with Crippen molar-refractivity contribution in [3.63, 3.8) is 0 Å². The molecule has 1 heterocycles. The highest BCUT2D eigenvalue weighted by molar-refractivity contribution is 6.08. The maximum absolute atomic E-state index is 13.5. The number of hydrogen-bond donors (Lipinski definition) is 1. The first kappa shape index (κ1) is 16.5. The standard InChI is InChI=1S/C18H16F3NO2/c1-11(23)10-17(24,18(19,20)21)12-7-8-16-14(9-12)13-5-3-4-6-15(13)22(16)2/h3-9,24H,10H2,1-2H3. The number of benzene rings is 2. The van der Waals surface area contributed by atoms with Crippen LogP contribution in [0.15, 0.2) is 42.5 Å². The lowest BCUT2D eigenvalue weighted by Gasteiger charge is -2.30. The van der Waals surface area contributed by atoms with Crippen molar-refractivity contribution in [1.82, 2.24) is 4.57 Å². The minimum Gasteiger partial charge on any atom is -0.376 e. The summed E-state index contributed by atoms with van der Waals surface area (Å²) in [6.45, 7) is 1.03. The fourth-order valence-electron chi connectivity index (χ4n) is 3.15. The van der Waals surface area contributed by atoms with E-state index in [0.717, 1.165) is 23.3 Å². The number of ketones is 1. The highest BCUT2D eigenvalue weighted by Gasteiger charge is 2.55. The Balaban J connectivity index is 2.30. The second-order valence-electron chi connectivity index (χ2n) is 6.04. The van der Waals surface area contributed by atoms with Crippen molar-refractivity contribution in [3.8, 4) is 0 Å². The molecule has 126 valence electrons. The topological polar surface area (TPSA) is 42.2 Å². The van der Waals surface area contributed by atoms with Gasteiger partial charge in [-0.15, -0.1) is 0 Å². The Kier molecular flexibility index (Phi) is 3.68. The molecule has 0 saturated heterocycles. The third-order valence-electron chi connectivity index (χ3n) is 4.36. The molecule has 0 bridgehead atoms. The van der Waals surface area contributed by atoms with Crippen LogP contribution in [0.4, 0.5) is 13.2 Å². The average Bonchev–Trinajstić information content (AvgIpc) is 2.79. The van der Waals surface area contributed by atoms with E-state index in [4.69, 9.17) is 0 Å². The lowest BCUT2D eigenvalue weighted by Crippen LogP contribution is -2.43. The molecule has 0 aliphatic heterocycles. The fourth-order valence-corrected chi connectivity index (χ4v) is 3.15. The third kappa shape index (κ3) is 2.38. The molecular formula is C18H16F3NO2. The monoisotopic (exact) mass is 335 g/mol. The van der Waals surface area contributed by atoms with E-state index < -0.39 is 24.0 Å². The number of hydrogen-bond acceptors (Lipinski definition) is 2. The lowest BCUT2D eigenvalue weighted by molar-refractivity contribution is -0.267. The summed E-state index contributed by atoms with van der Waals surface area (Å²) in [6.07, 6.45) is -5.95. The molecule has 0 radical (unpaired) electrons. The van der Waals surface area contributed by atoms with Gasteiger partial charge < -0.3 is 9.67 Å². The van der Waals surface area contributed by atoms with Crippen LogP contribution in [0.1, 0.15) is 18.9 Å². The first-order valence-corrected chi connectivity index (χ1v) is 7.41. The Morgan fingerprint density at radius 2 is 1.71 bits per heavy atom. The number of halogens is 3. The van der Waals surface area contributed by atoms with E-state index in [-0.39, 0.29) is 5.56 Å². The third-order valence-corrected chi connectivity index (χ3v) is 4.36. The van der Waals surface area contributed by atoms with Crippen LogP contribution >= 0.6 is 0 Å². The van der Waals surface area contributed by atoms with Gasteiger partial charge in [-0.05, 0) is 30.7 Å². The molecular weight excluding hydrogens is 319 g/mol. The van der Waals surface area contributed by atoms with Crippen molar-refractivity contribution >= 4 is 27.6 Å². The summed E-state index contributed by atoms with van der Waals surface area (Å²) in [5.41, 5.74) is -1.88. The van der Waals surface area contributed by atoms with Gasteiger partial charge in [0.1, 0.15) is 5.78 Å². The van der Waals surface area contributed by atoms with Crippen molar-refractivity contribution in [2.75, 3.05) is 0 Å². The van der Waals surface area contributed by atoms with Gasteiger partial charge in [-0.3, -0.25) is 4.79 Å². The molecule has 24 heavy (non-hydrogen) atoms. The zero-order valence-electron chi connectivity index (χ0n) is 13.2. The first-order valence-electron chi connectivity index (χ1n) is 7.41. The number of nitrogens with zero attached hydrogens (tertiary/aromatic N) is 1. The van der Waals surface area contributed by atoms with E-state index in [1.165, 1.54) is 12.1 Å². The first-order chi connectivity index (χ1) is 11.1. The van der Waals surface area contributed by atoms with Gasteiger partial charge >= 0.3 is 6.18 Å². The van der Waals surface area contributed by atoms with Crippen LogP contribution < -0.4 is 0 Å². The predicted octanol–water partition coefficient (Wildman–Crippen LogP) is 4.06. The summed E-state index contributed by atoms with van der Waals surface area (Å²) in [7, 11) is 1.83. The van der Waals surface area contributed by atoms with E-state index >= 15 is 0 Å². The molecule has 3 aromatic rings. The molecule has 1 unspecified atom stereocenters. The second-order valence-corrected chi connectivity index (χ2v) is 6.04. The smallest absolute Gasteiger partial charge is 0.376 e. The molecule has 3 nitrogen and oxygen atoms in total. The Bertz CT molecular complexity index is 942. The fraction of sp³-hybridized carbons (Fsp3) is 0.278. The van der Waals surface area contributed by atoms with Gasteiger partial charge in [-0.1, -0.05) is 24.3 Å². The van der Waals surface area contributed by atoms with E-state index in [2.05, 4.69) is 0 Å². The molecule has 0 aliphatic carbocycles. The molecule has 6 heteroatoms. The van der Waals surface area contributed by atoms with Gasteiger partial charge in [0.05, 0.1) is 0 Å². The van der Waals surface area contributed by atoms with E-state index in [0.29, 0.717) is 5.39 Å². The van der Waals surface area contributed by atoms with Gasteiger partial charge in [0.2, 0.25) is 0 Å². The van der Waals surface area contributed by atoms with Gasteiger partial charge in [0, 0.05) is 35.3 Å². The van der Waals surface area contributed by atoms with Crippen molar-refractivity contribution in [1.29, 1.82) is 0 Å². The van der Waals surface area contributed by atoms with Crippen LogP contribution in [-0.2, 0) is 17.4 Å². The molecule has 0 saturated carbocycles. The summed E-state index contributed by atoms with van der Waals surface area (Å²) < 4.78 is 42.3. The van der Waals surface area contributed by atoms with E-state index in [1.807, 2.05) is 29.8 Å². The van der Waals surface area contributed by atoms with E-state index in [1.54, 1.807) is 12.1 Å². The molecule has 1 N–H and O–H groups in total. The second kappa shape index (κ2) is 5.34. The number of para-hydroxylation sites is 1. The number of fused-ring (bicyclic) bond motifs is 3. The molecule has 0 aliphatic rings. The van der Waals surface area contributed by atoms with Gasteiger partial charge in [-0.2, -0.15) is 13.2 Å². The molecule has 1 aromatic heterocycles. The maximum Gasteiger partial charge on any atom is 0.421 e. The van der Waals surface area contributed by atoms with E-state index in [9.17, 15) is 23.1 Å². The minimum atomic E-state index is -4.95. The molecule has 0 spiro atoms. The number of aliphatic hydroxyl groups is 1. The van der Waals surface area contributed by atoms with Crippen LogP contribution in [0.25, 0.3) is 21.8 Å². The Morgan fingerprint density at radius 3 is 2.33 bits per heavy atom. The largest absolute Gasteiger partial charge is 0.421 e. The summed E-state index contributed by atoms with van der Waals surface area (Å²) in [4.78, 5) is 11.3. The zero-order chi connectivity index (χ0) is 17.7. The Hall–Kier alpha value is -2.34. The number of Topliss-reactive ketones (excluding diaryl/α,β-unsaturated/α-hetero) is 1. The van der Waals surface area contributed by atoms with Gasteiger partial charge in [0.15, 0.2) is 5.60 Å². The average molecular weight is 335 g/mol. The van der Waals surface area contributed by atoms with Crippen LogP contribution in [0, 0.1) is 0 Å². The van der Waals surface area contributed by atoms with Crippen LogP contribution in [0.2, 0.25) is 0 Å². The van der Waals surface area contributed by atoms with Crippen molar-refractivity contribution in [2.24, 2.45) is 7.05 Å². The SMILES string of the molecule is CC(=O)CC(O)(c1ccc2c(c1)c1ccccc1n2C)C(F)(F)F. The summed E-state index contributed by atoms with van der Waals surface area (Å²) in [5.74, 6) is -0.729. The molecule has 3 rings (SSSR count). The number of carbonyl (C=O) groups is 1. The molecule has 1 atom stereocenters. The number of rotatable bonds is 3. The normalized spacial score (nSPS) is 14.9. The van der Waals surface area contributed by atoms with Gasteiger partial charge in [-0.25, -0.2) is 0 Å². The number of alkyl halides is 3. The summed E-state index contributed by atoms with van der Waals surface area (Å²) in [6, 6.07) is 11.5. The number of aryl methyl sites for hydroxylation is 1. The predicted molar refractivity (Wildman–Crippen MR) is 85.7 cm³/mol. The van der Waals surface area contributed by atoms with Crippen LogP contribution in [0.3, 0.4) is 0 Å². The Morgan fingerprint density at radius 1 is 1.08 bits per heavy atom. The zero-order valence-corrected chi connectivity index (χ0v) is 13.2.